The van der Waals surface area contributed by atoms with E-state index in [4.69, 9.17) is 9.47 Å². The van der Waals surface area contributed by atoms with Crippen LogP contribution in [0.15, 0.2) is 41.6 Å². The Morgan fingerprint density at radius 3 is 2.61 bits per heavy atom. The van der Waals surface area contributed by atoms with E-state index >= 15 is 0 Å². The van der Waals surface area contributed by atoms with Gasteiger partial charge in [-0.3, -0.25) is 9.59 Å². The van der Waals surface area contributed by atoms with Gasteiger partial charge in [-0.05, 0) is 37.1 Å². The molecule has 0 fully saturated rings. The van der Waals surface area contributed by atoms with Gasteiger partial charge in [-0.1, -0.05) is 0 Å². The average molecular weight is 380 g/mol. The van der Waals surface area contributed by atoms with Crippen molar-refractivity contribution in [3.05, 3.63) is 52.9 Å². The number of ketones is 1. The number of aromatic nitrogens is 1. The van der Waals surface area contributed by atoms with Crippen LogP contribution in [0.4, 0.5) is 0 Å². The van der Waals surface area contributed by atoms with Gasteiger partial charge >= 0.3 is 0 Å². The first-order valence-corrected chi connectivity index (χ1v) is 9.02. The highest BCUT2D eigenvalue weighted by Gasteiger charge is 2.35. The summed E-state index contributed by atoms with van der Waals surface area (Å²) < 4.78 is 10.7. The van der Waals surface area contributed by atoms with Crippen molar-refractivity contribution in [1.29, 1.82) is 0 Å². The van der Waals surface area contributed by atoms with Crippen LogP contribution in [0.3, 0.4) is 0 Å². The van der Waals surface area contributed by atoms with Crippen molar-refractivity contribution in [3.63, 3.8) is 0 Å². The Morgan fingerprint density at radius 1 is 1.07 bits per heavy atom. The molecule has 2 aliphatic rings. The number of aliphatic hydroxyl groups is 1. The fraction of sp³-hybridized carbons (Fsp3) is 0.286. The normalized spacial score (nSPS) is 18.8. The molecule has 1 atom stereocenters. The second kappa shape index (κ2) is 7.09. The number of pyridine rings is 1. The zero-order valence-electron chi connectivity index (χ0n) is 15.6. The van der Waals surface area contributed by atoms with Gasteiger partial charge in [0.1, 0.15) is 17.6 Å². The molecule has 0 spiro atoms. The molecule has 0 bridgehead atoms. The summed E-state index contributed by atoms with van der Waals surface area (Å²) in [5.74, 6) is 0.663. The largest absolute Gasteiger partial charge is 0.497 e. The van der Waals surface area contributed by atoms with Crippen LogP contribution >= 0.6 is 0 Å². The van der Waals surface area contributed by atoms with Crippen molar-refractivity contribution in [1.82, 2.24) is 10.3 Å². The number of nitrogens with one attached hydrogen (secondary N) is 1. The van der Waals surface area contributed by atoms with Crippen molar-refractivity contribution in [2.24, 2.45) is 0 Å². The lowest BCUT2D eigenvalue weighted by molar-refractivity contribution is -0.117. The van der Waals surface area contributed by atoms with E-state index in [9.17, 15) is 14.7 Å². The summed E-state index contributed by atoms with van der Waals surface area (Å²) in [4.78, 5) is 29.6. The van der Waals surface area contributed by atoms with E-state index < -0.39 is 6.10 Å². The Kier molecular flexibility index (Phi) is 4.60. The smallest absolute Gasteiger partial charge is 0.257 e. The molecule has 1 aromatic heterocycles. The van der Waals surface area contributed by atoms with E-state index in [0.717, 1.165) is 0 Å². The molecule has 7 nitrogen and oxygen atoms in total. The van der Waals surface area contributed by atoms with Gasteiger partial charge in [-0.2, -0.15) is 0 Å². The molecule has 0 radical (unpaired) electrons. The van der Waals surface area contributed by atoms with E-state index in [1.54, 1.807) is 44.6 Å². The molecule has 1 unspecified atom stereocenters. The number of hydrogen-bond donors (Lipinski definition) is 2. The minimum atomic E-state index is -1.25. The molecule has 2 aromatic rings. The Hall–Kier alpha value is -3.19. The molecule has 28 heavy (non-hydrogen) atoms. The van der Waals surface area contributed by atoms with Crippen molar-refractivity contribution in [2.45, 2.75) is 25.4 Å². The molecular formula is C21H20N2O5. The number of allylic oxidation sites excluding steroid dienone is 1. The lowest BCUT2D eigenvalue weighted by Gasteiger charge is -2.20. The lowest BCUT2D eigenvalue weighted by Crippen LogP contribution is -2.26. The minimum Gasteiger partial charge on any atom is -0.497 e. The van der Waals surface area contributed by atoms with Crippen LogP contribution in [0.5, 0.6) is 11.5 Å². The first kappa shape index (κ1) is 18.2. The third-order valence-corrected chi connectivity index (χ3v) is 5.11. The summed E-state index contributed by atoms with van der Waals surface area (Å²) in [6.45, 7) is 0. The van der Waals surface area contributed by atoms with Gasteiger partial charge < -0.3 is 19.9 Å². The summed E-state index contributed by atoms with van der Waals surface area (Å²) in [6, 6.07) is 8.62. The number of methoxy groups -OCH3 is 2. The number of carbonyl (C=O) groups excluding carboxylic acids is 2. The molecule has 144 valence electrons. The third-order valence-electron chi connectivity index (χ3n) is 5.11. The molecule has 4 rings (SSSR count). The van der Waals surface area contributed by atoms with Gasteiger partial charge in [0.2, 0.25) is 0 Å². The van der Waals surface area contributed by atoms with E-state index in [1.165, 1.54) is 0 Å². The molecule has 1 aromatic carbocycles. The second-order valence-corrected chi connectivity index (χ2v) is 6.72. The van der Waals surface area contributed by atoms with E-state index in [1.807, 2.05) is 0 Å². The number of rotatable bonds is 3. The Labute approximate surface area is 162 Å². The second-order valence-electron chi connectivity index (χ2n) is 6.72. The number of amides is 1. The van der Waals surface area contributed by atoms with Crippen molar-refractivity contribution < 1.29 is 24.2 Å². The van der Waals surface area contributed by atoms with E-state index in [0.29, 0.717) is 47.7 Å². The Bertz CT molecular complexity index is 1010. The van der Waals surface area contributed by atoms with E-state index in [-0.39, 0.29) is 28.5 Å². The summed E-state index contributed by atoms with van der Waals surface area (Å²) >= 11 is 0. The number of fused-ring (bicyclic) bond motifs is 1. The number of nitrogens with zero attached hydrogens (tertiary/aromatic N) is 1. The fourth-order valence-corrected chi connectivity index (χ4v) is 3.69. The van der Waals surface area contributed by atoms with Crippen molar-refractivity contribution in [3.8, 4) is 22.8 Å². The predicted octanol–water partition coefficient (Wildman–Crippen LogP) is 2.55. The topological polar surface area (TPSA) is 97.8 Å². The molecule has 2 heterocycles. The summed E-state index contributed by atoms with van der Waals surface area (Å²) in [7, 11) is 3.11. The van der Waals surface area contributed by atoms with Gasteiger partial charge in [-0.15, -0.1) is 0 Å². The number of carbonyl (C=O) groups is 2. The van der Waals surface area contributed by atoms with Gasteiger partial charge in [0.25, 0.3) is 5.91 Å². The monoisotopic (exact) mass is 380 g/mol. The highest BCUT2D eigenvalue weighted by molar-refractivity contribution is 6.03. The van der Waals surface area contributed by atoms with Gasteiger partial charge in [0.05, 0.1) is 31.2 Å². The number of benzene rings is 1. The quantitative estimate of drug-likeness (QED) is 0.849. The summed E-state index contributed by atoms with van der Waals surface area (Å²) in [5, 5.41) is 13.7. The maximum atomic E-state index is 12.6. The van der Waals surface area contributed by atoms with Gasteiger partial charge in [0, 0.05) is 29.3 Å². The van der Waals surface area contributed by atoms with Crippen molar-refractivity contribution in [2.75, 3.05) is 14.2 Å². The zero-order valence-corrected chi connectivity index (χ0v) is 15.6. The van der Waals surface area contributed by atoms with Crippen LogP contribution in [0, 0.1) is 0 Å². The van der Waals surface area contributed by atoms with Crippen LogP contribution in [0.1, 0.15) is 41.4 Å². The number of ether oxygens (including phenoxy) is 2. The minimum absolute atomic E-state index is 0.156. The SMILES string of the molecule is COc1ccc(-c2ccc3c(n2)C(O)C2=C(CCCC2=O)NC3=O)c(OC)c1. The maximum Gasteiger partial charge on any atom is 0.257 e. The average Bonchev–Trinajstić information content (AvgIpc) is 2.82. The fourth-order valence-electron chi connectivity index (χ4n) is 3.69. The standard InChI is InChI=1S/C21H20N2O5/c1-27-11-6-7-12(17(10-11)28-2)14-9-8-13-19(22-14)20(25)18-15(23-21(13)26)4-3-5-16(18)24/h6-10,20,25H,3-5H2,1-2H3,(H,23,26). The maximum absolute atomic E-state index is 12.6. The predicted molar refractivity (Wildman–Crippen MR) is 101 cm³/mol. The third kappa shape index (κ3) is 2.93. The molecule has 1 aliphatic carbocycles. The molecule has 7 heteroatoms. The number of hydrogen-bond acceptors (Lipinski definition) is 6. The summed E-state index contributed by atoms with van der Waals surface area (Å²) in [6.07, 6.45) is 0.313. The van der Waals surface area contributed by atoms with Gasteiger partial charge in [0.15, 0.2) is 5.78 Å². The molecule has 0 saturated carbocycles. The summed E-state index contributed by atoms with van der Waals surface area (Å²) in [5.41, 5.74) is 2.38. The molecule has 0 saturated heterocycles. The number of aliphatic hydroxyl groups excluding tert-OH is 1. The first-order valence-electron chi connectivity index (χ1n) is 9.02. The Morgan fingerprint density at radius 2 is 1.86 bits per heavy atom. The van der Waals surface area contributed by atoms with Gasteiger partial charge in [-0.25, -0.2) is 4.98 Å². The highest BCUT2D eigenvalue weighted by Crippen LogP contribution is 2.37. The van der Waals surface area contributed by atoms with Crippen LogP contribution in [-0.2, 0) is 4.79 Å². The lowest BCUT2D eigenvalue weighted by atomic mass is 9.90. The van der Waals surface area contributed by atoms with E-state index in [2.05, 4.69) is 10.3 Å². The van der Waals surface area contributed by atoms with Crippen LogP contribution < -0.4 is 14.8 Å². The first-order chi connectivity index (χ1) is 13.5. The van der Waals surface area contributed by atoms with Crippen molar-refractivity contribution >= 4 is 11.7 Å². The van der Waals surface area contributed by atoms with Crippen LogP contribution in [-0.4, -0.2) is 36.0 Å². The Balaban J connectivity index is 1.85. The zero-order chi connectivity index (χ0) is 19.8. The molecule has 2 N–H and O–H groups in total. The van der Waals surface area contributed by atoms with Crippen LogP contribution in [0.25, 0.3) is 11.3 Å². The number of Topliss-reactive ketones (excluding diaryl/α,β-unsaturated/α-hetero) is 1. The molecule has 1 aliphatic heterocycles. The molecule has 1 amide bonds. The molecular weight excluding hydrogens is 360 g/mol. The highest BCUT2D eigenvalue weighted by atomic mass is 16.5. The van der Waals surface area contributed by atoms with Crippen LogP contribution in [0.2, 0.25) is 0 Å².